The third kappa shape index (κ3) is 3.36. The fourth-order valence-electron chi connectivity index (χ4n) is 2.90. The highest BCUT2D eigenvalue weighted by molar-refractivity contribution is 9.10. The second-order valence-electron chi connectivity index (χ2n) is 5.72. The highest BCUT2D eigenvalue weighted by Crippen LogP contribution is 2.31. The normalized spacial score (nSPS) is 24.0. The average Bonchev–Trinajstić information content (AvgIpc) is 3.15. The van der Waals surface area contributed by atoms with Crippen LogP contribution >= 0.6 is 15.9 Å². The molecule has 1 saturated carbocycles. The minimum atomic E-state index is -0.180. The minimum Gasteiger partial charge on any atom is -0.312 e. The third-order valence-electron chi connectivity index (χ3n) is 4.16. The zero-order valence-electron chi connectivity index (χ0n) is 11.0. The number of nitrogens with one attached hydrogen (secondary N) is 1. The Hall–Kier alpha value is -0.450. The first kappa shape index (κ1) is 13.5. The second kappa shape index (κ2) is 5.90. The molecule has 1 aromatic carbocycles. The molecule has 2 fully saturated rings. The van der Waals surface area contributed by atoms with E-state index in [1.165, 1.54) is 38.4 Å². The number of benzene rings is 1. The molecule has 0 spiro atoms. The number of nitrogens with zero attached hydrogens (tertiary/aromatic N) is 1. The van der Waals surface area contributed by atoms with Gasteiger partial charge < -0.3 is 10.2 Å². The van der Waals surface area contributed by atoms with Gasteiger partial charge in [0, 0.05) is 19.1 Å². The Morgan fingerprint density at radius 3 is 2.95 bits per heavy atom. The first-order chi connectivity index (χ1) is 9.24. The van der Waals surface area contributed by atoms with Crippen LogP contribution in [0.4, 0.5) is 4.39 Å². The maximum Gasteiger partial charge on any atom is 0.137 e. The maximum atomic E-state index is 13.4. The summed E-state index contributed by atoms with van der Waals surface area (Å²) in [6, 6.07) is 6.10. The van der Waals surface area contributed by atoms with E-state index in [4.69, 9.17) is 0 Å². The van der Waals surface area contributed by atoms with Gasteiger partial charge in [0.05, 0.1) is 4.47 Å². The molecule has 19 heavy (non-hydrogen) atoms. The molecule has 1 saturated heterocycles. The summed E-state index contributed by atoms with van der Waals surface area (Å²) in [5.74, 6) is 0.577. The van der Waals surface area contributed by atoms with Crippen molar-refractivity contribution >= 4 is 15.9 Å². The van der Waals surface area contributed by atoms with E-state index in [0.717, 1.165) is 30.6 Å². The molecule has 4 heteroatoms. The van der Waals surface area contributed by atoms with E-state index >= 15 is 0 Å². The zero-order chi connectivity index (χ0) is 13.2. The molecule has 0 amide bonds. The highest BCUT2D eigenvalue weighted by Gasteiger charge is 2.33. The van der Waals surface area contributed by atoms with Gasteiger partial charge in [0.15, 0.2) is 0 Å². The van der Waals surface area contributed by atoms with Gasteiger partial charge >= 0.3 is 0 Å². The molecule has 1 N–H and O–H groups in total. The van der Waals surface area contributed by atoms with Crippen LogP contribution in [0.5, 0.6) is 0 Å². The van der Waals surface area contributed by atoms with Crippen molar-refractivity contribution in [2.45, 2.75) is 31.8 Å². The van der Waals surface area contributed by atoms with E-state index in [9.17, 15) is 4.39 Å². The fourth-order valence-corrected chi connectivity index (χ4v) is 3.30. The van der Waals surface area contributed by atoms with Gasteiger partial charge in [-0.3, -0.25) is 0 Å². The van der Waals surface area contributed by atoms with E-state index in [1.54, 1.807) is 6.07 Å². The van der Waals surface area contributed by atoms with Crippen molar-refractivity contribution in [1.29, 1.82) is 0 Å². The van der Waals surface area contributed by atoms with E-state index in [1.807, 2.05) is 6.07 Å². The van der Waals surface area contributed by atoms with E-state index < -0.39 is 0 Å². The molecule has 0 bridgehead atoms. The van der Waals surface area contributed by atoms with Gasteiger partial charge in [0.1, 0.15) is 5.82 Å². The molecule has 1 atom stereocenters. The summed E-state index contributed by atoms with van der Waals surface area (Å²) in [4.78, 5) is 2.63. The second-order valence-corrected chi connectivity index (χ2v) is 6.52. The molecule has 1 aliphatic heterocycles. The summed E-state index contributed by atoms with van der Waals surface area (Å²) < 4.78 is 14.0. The van der Waals surface area contributed by atoms with Crippen molar-refractivity contribution in [3.63, 3.8) is 0 Å². The lowest BCUT2D eigenvalue weighted by Crippen LogP contribution is -2.27. The van der Waals surface area contributed by atoms with E-state index in [-0.39, 0.29) is 5.82 Å². The molecule has 3 rings (SSSR count). The van der Waals surface area contributed by atoms with Gasteiger partial charge in [-0.2, -0.15) is 0 Å². The van der Waals surface area contributed by atoms with Crippen molar-refractivity contribution in [3.05, 3.63) is 34.1 Å². The van der Waals surface area contributed by atoms with Gasteiger partial charge in [-0.25, -0.2) is 4.39 Å². The average molecular weight is 327 g/mol. The van der Waals surface area contributed by atoms with Crippen molar-refractivity contribution in [1.82, 2.24) is 10.2 Å². The summed E-state index contributed by atoms with van der Waals surface area (Å²) in [6.07, 6.45) is 4.10. The van der Waals surface area contributed by atoms with Crippen LogP contribution in [0.2, 0.25) is 0 Å². The van der Waals surface area contributed by atoms with Crippen LogP contribution in [-0.2, 0) is 6.54 Å². The summed E-state index contributed by atoms with van der Waals surface area (Å²) in [6.45, 7) is 4.27. The molecular weight excluding hydrogens is 307 g/mol. The van der Waals surface area contributed by atoms with Crippen LogP contribution in [0.15, 0.2) is 22.7 Å². The topological polar surface area (TPSA) is 15.3 Å². The van der Waals surface area contributed by atoms with Crippen LogP contribution in [0.3, 0.4) is 0 Å². The molecule has 1 heterocycles. The monoisotopic (exact) mass is 326 g/mol. The molecule has 104 valence electrons. The molecule has 1 aliphatic carbocycles. The number of halogens is 2. The first-order valence-corrected chi connectivity index (χ1v) is 7.91. The molecule has 1 aromatic rings. The number of hydrogen-bond acceptors (Lipinski definition) is 2. The Labute approximate surface area is 122 Å². The Bertz CT molecular complexity index is 448. The molecule has 2 nitrogen and oxygen atoms in total. The van der Waals surface area contributed by atoms with Crippen LogP contribution in [0.1, 0.15) is 24.8 Å². The van der Waals surface area contributed by atoms with Crippen LogP contribution in [-0.4, -0.2) is 30.6 Å². The largest absolute Gasteiger partial charge is 0.312 e. The number of rotatable bonds is 5. The Balaban J connectivity index is 1.44. The molecule has 0 radical (unpaired) electrons. The van der Waals surface area contributed by atoms with Gasteiger partial charge in [0.25, 0.3) is 0 Å². The molecular formula is C15H20BrFN2. The fraction of sp³-hybridized carbons (Fsp3) is 0.600. The minimum absolute atomic E-state index is 0.180. The lowest BCUT2D eigenvalue weighted by atomic mass is 10.1. The van der Waals surface area contributed by atoms with Crippen molar-refractivity contribution in [2.24, 2.45) is 5.92 Å². The van der Waals surface area contributed by atoms with Crippen LogP contribution in [0.25, 0.3) is 0 Å². The third-order valence-corrected chi connectivity index (χ3v) is 5.05. The standard InChI is InChI=1S/C15H20BrFN2/c16-15-12(2-1-3-14(15)17)9-18-8-11-6-7-19(10-11)13-4-5-13/h1-3,11,13,18H,4-10H2. The SMILES string of the molecule is Fc1cccc(CNCC2CCN(C3CC3)C2)c1Br. The zero-order valence-corrected chi connectivity index (χ0v) is 12.6. The Kier molecular flexibility index (Phi) is 4.20. The summed E-state index contributed by atoms with van der Waals surface area (Å²) >= 11 is 3.31. The van der Waals surface area contributed by atoms with Crippen molar-refractivity contribution in [3.8, 4) is 0 Å². The quantitative estimate of drug-likeness (QED) is 0.894. The summed E-state index contributed by atoms with van der Waals surface area (Å²) in [5, 5.41) is 3.47. The highest BCUT2D eigenvalue weighted by atomic mass is 79.9. The molecule has 0 aromatic heterocycles. The van der Waals surface area contributed by atoms with E-state index in [0.29, 0.717) is 4.47 Å². The van der Waals surface area contributed by atoms with Crippen LogP contribution < -0.4 is 5.32 Å². The predicted molar refractivity (Wildman–Crippen MR) is 78.5 cm³/mol. The summed E-state index contributed by atoms with van der Waals surface area (Å²) in [7, 11) is 0. The van der Waals surface area contributed by atoms with Crippen LogP contribution in [0, 0.1) is 11.7 Å². The lowest BCUT2D eigenvalue weighted by Gasteiger charge is -2.15. The summed E-state index contributed by atoms with van der Waals surface area (Å²) in [5.41, 5.74) is 0.997. The Morgan fingerprint density at radius 2 is 2.16 bits per heavy atom. The van der Waals surface area contributed by atoms with Gasteiger partial charge in [-0.15, -0.1) is 0 Å². The van der Waals surface area contributed by atoms with Crippen molar-refractivity contribution in [2.75, 3.05) is 19.6 Å². The lowest BCUT2D eigenvalue weighted by molar-refractivity contribution is 0.312. The number of hydrogen-bond donors (Lipinski definition) is 1. The van der Waals surface area contributed by atoms with Gasteiger partial charge in [-0.1, -0.05) is 12.1 Å². The molecule has 1 unspecified atom stereocenters. The van der Waals surface area contributed by atoms with Crippen molar-refractivity contribution < 1.29 is 4.39 Å². The maximum absolute atomic E-state index is 13.4. The predicted octanol–water partition coefficient (Wildman–Crippen LogP) is 3.16. The molecule has 2 aliphatic rings. The smallest absolute Gasteiger partial charge is 0.137 e. The number of likely N-dealkylation sites (tertiary alicyclic amines) is 1. The van der Waals surface area contributed by atoms with Gasteiger partial charge in [0.2, 0.25) is 0 Å². The van der Waals surface area contributed by atoms with E-state index in [2.05, 4.69) is 26.1 Å². The Morgan fingerprint density at radius 1 is 1.32 bits per heavy atom. The van der Waals surface area contributed by atoms with Gasteiger partial charge in [-0.05, 0) is 65.8 Å². The first-order valence-electron chi connectivity index (χ1n) is 7.11.